The molecule has 0 heterocycles. The second-order valence-electron chi connectivity index (χ2n) is 6.28. The Bertz CT molecular complexity index is 326. The molecule has 5 heteroatoms. The van der Waals surface area contributed by atoms with E-state index in [0.29, 0.717) is 0 Å². The van der Waals surface area contributed by atoms with Gasteiger partial charge in [-0.15, -0.1) is 0 Å². The molecule has 3 N–H and O–H groups in total. The van der Waals surface area contributed by atoms with Crippen molar-refractivity contribution in [2.45, 2.75) is 59.0 Å². The second-order valence-corrected chi connectivity index (χ2v) is 6.28. The highest BCUT2D eigenvalue weighted by molar-refractivity contribution is 5.82. The van der Waals surface area contributed by atoms with Gasteiger partial charge in [0.1, 0.15) is 6.04 Å². The van der Waals surface area contributed by atoms with Crippen LogP contribution in [0.1, 0.15) is 47.0 Å². The minimum absolute atomic E-state index is 0.131. The number of urea groups is 1. The molecular weight excluding hydrogens is 232 g/mol. The molecule has 1 aliphatic rings. The first-order chi connectivity index (χ1) is 8.21. The normalized spacial score (nSPS) is 23.7. The van der Waals surface area contributed by atoms with Gasteiger partial charge in [0.2, 0.25) is 0 Å². The Morgan fingerprint density at radius 1 is 1.33 bits per heavy atom. The van der Waals surface area contributed by atoms with E-state index in [1.54, 1.807) is 13.8 Å². The molecular formula is C13H24N2O3. The molecule has 0 bridgehead atoms. The maximum absolute atomic E-state index is 11.7. The van der Waals surface area contributed by atoms with Crippen LogP contribution in [0.2, 0.25) is 0 Å². The average Bonchev–Trinajstić information content (AvgIpc) is 2.53. The van der Waals surface area contributed by atoms with E-state index in [1.165, 1.54) is 0 Å². The summed E-state index contributed by atoms with van der Waals surface area (Å²) in [5, 5.41) is 14.4. The van der Waals surface area contributed by atoms with Crippen LogP contribution in [-0.4, -0.2) is 29.2 Å². The quantitative estimate of drug-likeness (QED) is 0.719. The zero-order valence-electron chi connectivity index (χ0n) is 11.6. The van der Waals surface area contributed by atoms with Crippen LogP contribution in [0.5, 0.6) is 0 Å². The molecule has 5 nitrogen and oxygen atoms in total. The summed E-state index contributed by atoms with van der Waals surface area (Å²) in [4.78, 5) is 22.7. The largest absolute Gasteiger partial charge is 0.480 e. The van der Waals surface area contributed by atoms with Crippen molar-refractivity contribution in [1.82, 2.24) is 10.6 Å². The van der Waals surface area contributed by atoms with Crippen molar-refractivity contribution in [2.24, 2.45) is 11.3 Å². The maximum atomic E-state index is 11.7. The lowest BCUT2D eigenvalue weighted by molar-refractivity contribution is -0.140. The lowest BCUT2D eigenvalue weighted by Crippen LogP contribution is -2.50. The molecule has 18 heavy (non-hydrogen) atoms. The van der Waals surface area contributed by atoms with Gasteiger partial charge in [0.05, 0.1) is 0 Å². The molecule has 0 radical (unpaired) electrons. The van der Waals surface area contributed by atoms with Crippen LogP contribution < -0.4 is 10.6 Å². The van der Waals surface area contributed by atoms with Gasteiger partial charge in [0, 0.05) is 6.04 Å². The van der Waals surface area contributed by atoms with Gasteiger partial charge in [-0.25, -0.2) is 9.59 Å². The van der Waals surface area contributed by atoms with Crippen LogP contribution in [0, 0.1) is 11.3 Å². The Morgan fingerprint density at radius 2 is 1.94 bits per heavy atom. The van der Waals surface area contributed by atoms with E-state index in [-0.39, 0.29) is 23.4 Å². The fourth-order valence-electron chi connectivity index (χ4n) is 2.44. The molecule has 0 saturated heterocycles. The lowest BCUT2D eigenvalue weighted by atomic mass is 9.92. The number of aliphatic carboxylic acids is 1. The van der Waals surface area contributed by atoms with Crippen LogP contribution >= 0.6 is 0 Å². The summed E-state index contributed by atoms with van der Waals surface area (Å²) in [6.07, 6.45) is 2.99. The van der Waals surface area contributed by atoms with Gasteiger partial charge in [-0.2, -0.15) is 0 Å². The summed E-state index contributed by atoms with van der Waals surface area (Å²) in [5.41, 5.74) is 0.266. The van der Waals surface area contributed by atoms with Gasteiger partial charge in [-0.3, -0.25) is 0 Å². The van der Waals surface area contributed by atoms with E-state index in [4.69, 9.17) is 5.11 Å². The average molecular weight is 256 g/mol. The molecule has 0 aromatic rings. The number of carboxylic acid groups (broad SMARTS) is 1. The minimum Gasteiger partial charge on any atom is -0.480 e. The van der Waals surface area contributed by atoms with Gasteiger partial charge in [0.25, 0.3) is 0 Å². The molecule has 2 unspecified atom stereocenters. The van der Waals surface area contributed by atoms with Crippen molar-refractivity contribution < 1.29 is 14.7 Å². The topological polar surface area (TPSA) is 78.4 Å². The summed E-state index contributed by atoms with van der Waals surface area (Å²) in [6, 6.07) is -1.06. The predicted molar refractivity (Wildman–Crippen MR) is 69.3 cm³/mol. The van der Waals surface area contributed by atoms with E-state index < -0.39 is 12.0 Å². The summed E-state index contributed by atoms with van der Waals surface area (Å²) in [6.45, 7) is 7.91. The first-order valence-electron chi connectivity index (χ1n) is 6.51. The van der Waals surface area contributed by atoms with Crippen molar-refractivity contribution in [3.05, 3.63) is 0 Å². The zero-order chi connectivity index (χ0) is 13.9. The van der Waals surface area contributed by atoms with E-state index in [1.807, 2.05) is 0 Å². The van der Waals surface area contributed by atoms with E-state index >= 15 is 0 Å². The molecule has 1 aliphatic carbocycles. The van der Waals surface area contributed by atoms with Gasteiger partial charge < -0.3 is 15.7 Å². The van der Waals surface area contributed by atoms with Crippen LogP contribution in [-0.2, 0) is 4.79 Å². The highest BCUT2D eigenvalue weighted by Gasteiger charge is 2.32. The molecule has 0 aromatic heterocycles. The highest BCUT2D eigenvalue weighted by Crippen LogP contribution is 2.36. The highest BCUT2D eigenvalue weighted by atomic mass is 16.4. The maximum Gasteiger partial charge on any atom is 0.326 e. The van der Waals surface area contributed by atoms with Crippen molar-refractivity contribution in [3.8, 4) is 0 Å². The Hall–Kier alpha value is -1.26. The third-order valence-electron chi connectivity index (χ3n) is 3.52. The van der Waals surface area contributed by atoms with Crippen molar-refractivity contribution >= 4 is 12.0 Å². The zero-order valence-corrected chi connectivity index (χ0v) is 11.6. The fraction of sp³-hybridized carbons (Fsp3) is 0.846. The fourth-order valence-corrected chi connectivity index (χ4v) is 2.44. The summed E-state index contributed by atoms with van der Waals surface area (Å²) in [7, 11) is 0. The summed E-state index contributed by atoms with van der Waals surface area (Å²) >= 11 is 0. The van der Waals surface area contributed by atoms with Gasteiger partial charge in [-0.1, -0.05) is 27.7 Å². The number of amides is 2. The number of hydrogen-bond acceptors (Lipinski definition) is 2. The number of hydrogen-bond donors (Lipinski definition) is 3. The second kappa shape index (κ2) is 5.59. The first-order valence-corrected chi connectivity index (χ1v) is 6.51. The summed E-state index contributed by atoms with van der Waals surface area (Å²) in [5.74, 6) is -1.12. The molecule has 0 aromatic carbocycles. The lowest BCUT2D eigenvalue weighted by Gasteiger charge is -2.21. The summed E-state index contributed by atoms with van der Waals surface area (Å²) < 4.78 is 0. The van der Waals surface area contributed by atoms with E-state index in [9.17, 15) is 9.59 Å². The molecule has 1 rings (SSSR count). The third kappa shape index (κ3) is 4.20. The third-order valence-corrected chi connectivity index (χ3v) is 3.52. The van der Waals surface area contributed by atoms with Crippen LogP contribution in [0.25, 0.3) is 0 Å². The van der Waals surface area contributed by atoms with Crippen LogP contribution in [0.4, 0.5) is 4.79 Å². The Morgan fingerprint density at radius 3 is 2.33 bits per heavy atom. The molecule has 1 saturated carbocycles. The molecule has 104 valence electrons. The standard InChI is InChI=1S/C13H24N2O3/c1-8(2)10(11(16)17)15-12(18)14-9-5-6-13(3,4)7-9/h8-10H,5-7H2,1-4H3,(H,16,17)(H2,14,15,18). The number of carboxylic acids is 1. The van der Waals surface area contributed by atoms with Gasteiger partial charge in [-0.05, 0) is 30.6 Å². The monoisotopic (exact) mass is 256 g/mol. The van der Waals surface area contributed by atoms with Crippen molar-refractivity contribution in [2.75, 3.05) is 0 Å². The van der Waals surface area contributed by atoms with E-state index in [2.05, 4.69) is 24.5 Å². The molecule has 2 amide bonds. The molecule has 0 aliphatic heterocycles. The Kier molecular flexibility index (Phi) is 4.59. The minimum atomic E-state index is -0.994. The molecule has 2 atom stereocenters. The smallest absolute Gasteiger partial charge is 0.326 e. The number of nitrogens with one attached hydrogen (secondary N) is 2. The SMILES string of the molecule is CC(C)C(NC(=O)NC1CCC(C)(C)C1)C(=O)O. The van der Waals surface area contributed by atoms with Crippen molar-refractivity contribution in [1.29, 1.82) is 0 Å². The number of carbonyl (C=O) groups is 2. The molecule has 1 fully saturated rings. The predicted octanol–water partition coefficient (Wildman–Crippen LogP) is 1.97. The Labute approximate surface area is 108 Å². The number of rotatable bonds is 4. The van der Waals surface area contributed by atoms with Crippen molar-refractivity contribution in [3.63, 3.8) is 0 Å². The first kappa shape index (κ1) is 14.8. The van der Waals surface area contributed by atoms with E-state index in [0.717, 1.165) is 19.3 Å². The Balaban J connectivity index is 2.44. The van der Waals surface area contributed by atoms with Crippen LogP contribution in [0.3, 0.4) is 0 Å². The van der Waals surface area contributed by atoms with Gasteiger partial charge >= 0.3 is 12.0 Å². The van der Waals surface area contributed by atoms with Gasteiger partial charge in [0.15, 0.2) is 0 Å². The molecule has 0 spiro atoms. The number of carbonyl (C=O) groups excluding carboxylic acids is 1. The van der Waals surface area contributed by atoms with Crippen LogP contribution in [0.15, 0.2) is 0 Å².